The summed E-state index contributed by atoms with van der Waals surface area (Å²) in [5.41, 5.74) is 1.58. The van der Waals surface area contributed by atoms with Gasteiger partial charge in [0.15, 0.2) is 0 Å². The quantitative estimate of drug-likeness (QED) is 0.404. The monoisotopic (exact) mass is 188 g/mol. The molecule has 60 valence electrons. The van der Waals surface area contributed by atoms with E-state index < -0.39 is 0 Å². The molecule has 0 aromatic heterocycles. The zero-order chi connectivity index (χ0) is 8.48. The molecule has 0 heterocycles. The third kappa shape index (κ3) is 3.44. The molecule has 2 heteroatoms. The number of hydrogen-bond donors (Lipinski definition) is 0. The Hall–Kier alpha value is 0.440. The fourth-order valence-electron chi connectivity index (χ4n) is 0.955. The van der Waals surface area contributed by atoms with Crippen molar-refractivity contribution in [3.63, 3.8) is 0 Å². The summed E-state index contributed by atoms with van der Waals surface area (Å²) in [5, 5.41) is 0. The van der Waals surface area contributed by atoms with E-state index >= 15 is 0 Å². The maximum atomic E-state index is 4.99. The van der Waals surface area contributed by atoms with Crippen molar-refractivity contribution < 1.29 is 29.6 Å². The smallest absolute Gasteiger partial charge is 0.780 e. The molecule has 0 radical (unpaired) electrons. The van der Waals surface area contributed by atoms with Crippen LogP contribution >= 0.6 is 0 Å². The fourth-order valence-corrected chi connectivity index (χ4v) is 1.09. The third-order valence-electron chi connectivity index (χ3n) is 1.72. The summed E-state index contributed by atoms with van der Waals surface area (Å²) < 4.78 is 0. The standard InChI is InChI=1S/C10H14S.Na/c1-10(2,3)8-4-6-9(11)7-5-8;/h4-7,11H,1-3H3;/q;+1/p-1. The molecule has 0 atom stereocenters. The molecule has 0 amide bonds. The molecule has 0 nitrogen and oxygen atoms in total. The Labute approximate surface area is 102 Å². The first-order valence-corrected chi connectivity index (χ1v) is 4.18. The van der Waals surface area contributed by atoms with Crippen molar-refractivity contribution in [3.8, 4) is 0 Å². The third-order valence-corrected chi connectivity index (χ3v) is 1.99. The van der Waals surface area contributed by atoms with Gasteiger partial charge in [-0.1, -0.05) is 45.0 Å². The van der Waals surface area contributed by atoms with Crippen LogP contribution in [0.5, 0.6) is 0 Å². The first-order valence-electron chi connectivity index (χ1n) is 3.78. The van der Waals surface area contributed by atoms with E-state index in [1.807, 2.05) is 12.1 Å². The molecule has 0 N–H and O–H groups in total. The molecule has 12 heavy (non-hydrogen) atoms. The zero-order valence-corrected chi connectivity index (χ0v) is 11.0. The van der Waals surface area contributed by atoms with Gasteiger partial charge < -0.3 is 12.6 Å². The van der Waals surface area contributed by atoms with E-state index in [0.29, 0.717) is 0 Å². The van der Waals surface area contributed by atoms with Gasteiger partial charge >= 0.3 is 29.6 Å². The Bertz CT molecular complexity index is 233. The predicted molar refractivity (Wildman–Crippen MR) is 50.8 cm³/mol. The van der Waals surface area contributed by atoms with Crippen LogP contribution in [0.25, 0.3) is 0 Å². The summed E-state index contributed by atoms with van der Waals surface area (Å²) in [7, 11) is 0. The minimum Gasteiger partial charge on any atom is -0.780 e. The molecule has 0 saturated heterocycles. The number of benzene rings is 1. The van der Waals surface area contributed by atoms with Crippen molar-refractivity contribution in [2.45, 2.75) is 31.1 Å². The Morgan fingerprint density at radius 2 is 1.42 bits per heavy atom. The van der Waals surface area contributed by atoms with E-state index in [0.717, 1.165) is 4.90 Å². The molecular formula is C10H13NaS. The Morgan fingerprint density at radius 1 is 1.00 bits per heavy atom. The van der Waals surface area contributed by atoms with Crippen LogP contribution in [0.4, 0.5) is 0 Å². The van der Waals surface area contributed by atoms with Gasteiger partial charge in [0.2, 0.25) is 0 Å². The topological polar surface area (TPSA) is 0 Å². The van der Waals surface area contributed by atoms with Crippen LogP contribution in [-0.2, 0) is 18.0 Å². The average molecular weight is 188 g/mol. The maximum absolute atomic E-state index is 4.99. The van der Waals surface area contributed by atoms with Crippen LogP contribution in [0, 0.1) is 0 Å². The zero-order valence-electron chi connectivity index (χ0n) is 8.22. The van der Waals surface area contributed by atoms with E-state index in [1.54, 1.807) is 0 Å². The van der Waals surface area contributed by atoms with Gasteiger partial charge in [-0.15, -0.1) is 0 Å². The molecule has 1 aromatic rings. The van der Waals surface area contributed by atoms with E-state index in [2.05, 4.69) is 32.9 Å². The van der Waals surface area contributed by atoms with Crippen molar-refractivity contribution >= 4 is 12.6 Å². The molecule has 1 rings (SSSR count). The fraction of sp³-hybridized carbons (Fsp3) is 0.400. The molecule has 0 fully saturated rings. The van der Waals surface area contributed by atoms with Gasteiger partial charge in [-0.05, 0) is 11.0 Å². The van der Waals surface area contributed by atoms with Gasteiger partial charge in [0.05, 0.1) is 0 Å². The summed E-state index contributed by atoms with van der Waals surface area (Å²) >= 11 is 4.99. The largest absolute Gasteiger partial charge is 1.00 e. The molecule has 0 unspecified atom stereocenters. The second-order valence-corrected chi connectivity index (χ2v) is 4.25. The Morgan fingerprint density at radius 3 is 1.75 bits per heavy atom. The van der Waals surface area contributed by atoms with E-state index in [9.17, 15) is 0 Å². The minimum atomic E-state index is 0. The molecule has 0 bridgehead atoms. The average Bonchev–Trinajstić information content (AvgIpc) is 1.86. The van der Waals surface area contributed by atoms with Crippen LogP contribution in [0.3, 0.4) is 0 Å². The normalized spacial score (nSPS) is 10.6. The van der Waals surface area contributed by atoms with Gasteiger partial charge in [-0.3, -0.25) is 0 Å². The van der Waals surface area contributed by atoms with Crippen molar-refractivity contribution in [2.24, 2.45) is 0 Å². The van der Waals surface area contributed by atoms with E-state index in [4.69, 9.17) is 12.6 Å². The Kier molecular flexibility index (Phi) is 4.78. The first-order chi connectivity index (χ1) is 5.00. The van der Waals surface area contributed by atoms with Gasteiger partial charge in [-0.25, -0.2) is 0 Å². The predicted octanol–water partition coefficient (Wildman–Crippen LogP) is -0.106. The van der Waals surface area contributed by atoms with Crippen molar-refractivity contribution in [2.75, 3.05) is 0 Å². The maximum Gasteiger partial charge on any atom is 1.00 e. The van der Waals surface area contributed by atoms with Crippen LogP contribution in [-0.4, -0.2) is 0 Å². The summed E-state index contributed by atoms with van der Waals surface area (Å²) in [6.07, 6.45) is 0. The summed E-state index contributed by atoms with van der Waals surface area (Å²) in [6, 6.07) is 8.16. The van der Waals surface area contributed by atoms with Crippen LogP contribution in [0.1, 0.15) is 26.3 Å². The van der Waals surface area contributed by atoms with Crippen molar-refractivity contribution in [1.29, 1.82) is 0 Å². The summed E-state index contributed by atoms with van der Waals surface area (Å²) in [5.74, 6) is 0. The van der Waals surface area contributed by atoms with Gasteiger partial charge in [0.25, 0.3) is 0 Å². The van der Waals surface area contributed by atoms with Crippen LogP contribution < -0.4 is 29.6 Å². The molecule has 1 aromatic carbocycles. The molecule has 0 aliphatic carbocycles. The van der Waals surface area contributed by atoms with Crippen molar-refractivity contribution in [3.05, 3.63) is 29.8 Å². The molecular weight excluding hydrogens is 175 g/mol. The Balaban J connectivity index is 0.00000121. The molecule has 0 aliphatic rings. The molecule has 0 saturated carbocycles. The second kappa shape index (κ2) is 4.61. The molecule has 0 spiro atoms. The summed E-state index contributed by atoms with van der Waals surface area (Å²) in [6.45, 7) is 6.60. The summed E-state index contributed by atoms with van der Waals surface area (Å²) in [4.78, 5) is 0.915. The number of hydrogen-bond acceptors (Lipinski definition) is 1. The van der Waals surface area contributed by atoms with Gasteiger partial charge in [0, 0.05) is 0 Å². The van der Waals surface area contributed by atoms with E-state index in [-0.39, 0.29) is 35.0 Å². The van der Waals surface area contributed by atoms with Gasteiger partial charge in [-0.2, -0.15) is 4.90 Å². The van der Waals surface area contributed by atoms with Crippen LogP contribution in [0.2, 0.25) is 0 Å². The van der Waals surface area contributed by atoms with E-state index in [1.165, 1.54) is 5.56 Å². The van der Waals surface area contributed by atoms with Crippen LogP contribution in [0.15, 0.2) is 29.2 Å². The minimum absolute atomic E-state index is 0. The van der Waals surface area contributed by atoms with Crippen molar-refractivity contribution in [1.82, 2.24) is 0 Å². The SMILES string of the molecule is CC(C)(C)c1ccc([S-])cc1.[Na+]. The number of rotatable bonds is 0. The molecule has 0 aliphatic heterocycles. The van der Waals surface area contributed by atoms with Gasteiger partial charge in [0.1, 0.15) is 0 Å². The first kappa shape index (κ1) is 12.4. The second-order valence-electron chi connectivity index (χ2n) is 3.77.